The first-order valence-corrected chi connectivity index (χ1v) is 15.9. The second-order valence-corrected chi connectivity index (χ2v) is 13.1. The standard InChI is InChI=1S/C24H33NO3S.C7H14.C3H8/c1-8-16-28-24(9-2)14-10-18(11-15-24)25(6)20-17-19(12-13-23(3,4)5)29-21(20)22(26)27-7;1-7-5-3-2-4-6-7;1-3-2/h2,17-18H,8,10-11,14-16H2,1,3-7H3;7H,2-6H2,1H3;3H2,1-2H3. The highest BCUT2D eigenvalue weighted by molar-refractivity contribution is 7.15. The molecule has 3 rings (SSSR count). The molecule has 0 radical (unpaired) electrons. The van der Waals surface area contributed by atoms with Crippen LogP contribution >= 0.6 is 11.3 Å². The molecule has 0 amide bonds. The van der Waals surface area contributed by atoms with Crippen LogP contribution in [0.2, 0.25) is 0 Å². The van der Waals surface area contributed by atoms with Gasteiger partial charge in [-0.25, -0.2) is 4.79 Å². The number of terminal acetylenes is 1. The monoisotopic (exact) mass is 557 g/mol. The highest BCUT2D eigenvalue weighted by Crippen LogP contribution is 2.38. The molecule has 1 aromatic heterocycles. The zero-order chi connectivity index (χ0) is 29.5. The van der Waals surface area contributed by atoms with E-state index >= 15 is 0 Å². The van der Waals surface area contributed by atoms with E-state index in [1.807, 2.05) is 13.1 Å². The van der Waals surface area contributed by atoms with Gasteiger partial charge in [-0.2, -0.15) is 0 Å². The molecular weight excluding hydrogens is 502 g/mol. The first-order chi connectivity index (χ1) is 18.5. The molecular formula is C34H55NO3S. The van der Waals surface area contributed by atoms with Crippen molar-refractivity contribution in [2.75, 3.05) is 25.7 Å². The number of esters is 1. The first kappa shape index (κ1) is 35.1. The molecule has 220 valence electrons. The molecule has 0 spiro atoms. The number of carbonyl (C=O) groups excluding carboxylic acids is 1. The van der Waals surface area contributed by atoms with Crippen molar-refractivity contribution in [3.8, 4) is 24.2 Å². The van der Waals surface area contributed by atoms with Gasteiger partial charge in [0.2, 0.25) is 0 Å². The SMILES string of the molecule is C#CC1(OCCC)CCC(N(C)c2cc(C#CC(C)(C)C)sc2C(=O)OC)CC1.CC1CCCCC1.CCC. The van der Waals surface area contributed by atoms with E-state index in [1.165, 1.54) is 57.0 Å². The molecule has 4 nitrogen and oxygen atoms in total. The fourth-order valence-electron chi connectivity index (χ4n) is 4.78. The van der Waals surface area contributed by atoms with Crippen LogP contribution in [0.15, 0.2) is 6.07 Å². The van der Waals surface area contributed by atoms with Gasteiger partial charge in [-0.05, 0) is 64.9 Å². The van der Waals surface area contributed by atoms with E-state index < -0.39 is 5.60 Å². The second-order valence-electron chi connectivity index (χ2n) is 12.1. The summed E-state index contributed by atoms with van der Waals surface area (Å²) in [7, 11) is 3.45. The molecule has 2 fully saturated rings. The molecule has 39 heavy (non-hydrogen) atoms. The Morgan fingerprint density at radius 2 is 1.72 bits per heavy atom. The Bertz CT molecular complexity index is 942. The van der Waals surface area contributed by atoms with Crippen LogP contribution in [-0.2, 0) is 9.47 Å². The fourth-order valence-corrected chi connectivity index (χ4v) is 5.75. The van der Waals surface area contributed by atoms with E-state index in [-0.39, 0.29) is 11.4 Å². The molecule has 0 atom stereocenters. The summed E-state index contributed by atoms with van der Waals surface area (Å²) in [5.74, 6) is 10.1. The lowest BCUT2D eigenvalue weighted by Crippen LogP contribution is -2.43. The minimum absolute atomic E-state index is 0.0953. The largest absolute Gasteiger partial charge is 0.465 e. The van der Waals surface area contributed by atoms with Gasteiger partial charge in [0.25, 0.3) is 0 Å². The van der Waals surface area contributed by atoms with Gasteiger partial charge >= 0.3 is 5.97 Å². The van der Waals surface area contributed by atoms with Gasteiger partial charge in [0.1, 0.15) is 10.5 Å². The molecule has 0 aliphatic heterocycles. The van der Waals surface area contributed by atoms with Crippen LogP contribution in [0.5, 0.6) is 0 Å². The number of thiophene rings is 1. The summed E-state index contributed by atoms with van der Waals surface area (Å²) in [4.78, 5) is 16.0. The Labute approximate surface area is 244 Å². The van der Waals surface area contributed by atoms with Crippen LogP contribution in [0.4, 0.5) is 5.69 Å². The summed E-state index contributed by atoms with van der Waals surface area (Å²) >= 11 is 1.39. The molecule has 0 N–H and O–H groups in total. The number of carbonyl (C=O) groups is 1. The van der Waals surface area contributed by atoms with Gasteiger partial charge in [0, 0.05) is 25.1 Å². The van der Waals surface area contributed by atoms with Crippen molar-refractivity contribution in [1.82, 2.24) is 0 Å². The van der Waals surface area contributed by atoms with Crippen LogP contribution in [0.25, 0.3) is 0 Å². The lowest BCUT2D eigenvalue weighted by Gasteiger charge is -2.40. The van der Waals surface area contributed by atoms with Crippen molar-refractivity contribution in [1.29, 1.82) is 0 Å². The molecule has 0 bridgehead atoms. The van der Waals surface area contributed by atoms with E-state index in [4.69, 9.17) is 15.9 Å². The maximum Gasteiger partial charge on any atom is 0.350 e. The van der Waals surface area contributed by atoms with Crippen molar-refractivity contribution in [2.45, 2.75) is 131 Å². The number of methoxy groups -OCH3 is 1. The van der Waals surface area contributed by atoms with Gasteiger partial charge in [-0.3, -0.25) is 0 Å². The van der Waals surface area contributed by atoms with Crippen LogP contribution in [-0.4, -0.2) is 38.4 Å². The molecule has 1 aromatic rings. The molecule has 0 aromatic carbocycles. The number of nitrogens with zero attached hydrogens (tertiary/aromatic N) is 1. The minimum Gasteiger partial charge on any atom is -0.465 e. The van der Waals surface area contributed by atoms with Crippen molar-refractivity contribution in [3.05, 3.63) is 15.8 Å². The van der Waals surface area contributed by atoms with Crippen molar-refractivity contribution >= 4 is 23.0 Å². The first-order valence-electron chi connectivity index (χ1n) is 15.1. The number of anilines is 1. The third-order valence-corrected chi connectivity index (χ3v) is 8.09. The van der Waals surface area contributed by atoms with Gasteiger partial charge in [-0.1, -0.05) is 84.0 Å². The zero-order valence-corrected chi connectivity index (χ0v) is 27.2. The molecule has 0 saturated heterocycles. The van der Waals surface area contributed by atoms with Crippen LogP contribution in [0, 0.1) is 35.5 Å². The summed E-state index contributed by atoms with van der Waals surface area (Å²) in [6.07, 6.45) is 18.9. The lowest BCUT2D eigenvalue weighted by atomic mass is 9.82. The Kier molecular flexibility index (Phi) is 15.9. The molecule has 2 saturated carbocycles. The van der Waals surface area contributed by atoms with E-state index in [1.54, 1.807) is 0 Å². The molecule has 2 aliphatic carbocycles. The molecule has 0 unspecified atom stereocenters. The molecule has 2 aliphatic rings. The van der Waals surface area contributed by atoms with E-state index in [2.05, 4.69) is 71.1 Å². The van der Waals surface area contributed by atoms with Crippen molar-refractivity contribution < 1.29 is 14.3 Å². The fraction of sp³-hybridized carbons (Fsp3) is 0.735. The van der Waals surface area contributed by atoms with Crippen LogP contribution in [0.1, 0.15) is 134 Å². The average molecular weight is 558 g/mol. The summed E-state index contributed by atoms with van der Waals surface area (Å²) in [5.41, 5.74) is 0.339. The maximum atomic E-state index is 12.4. The third kappa shape index (κ3) is 12.4. The smallest absolute Gasteiger partial charge is 0.350 e. The quantitative estimate of drug-likeness (QED) is 0.258. The normalized spacial score (nSPS) is 21.1. The zero-order valence-electron chi connectivity index (χ0n) is 26.4. The number of hydrogen-bond donors (Lipinski definition) is 0. The highest BCUT2D eigenvalue weighted by atomic mass is 32.1. The Morgan fingerprint density at radius 1 is 1.13 bits per heavy atom. The van der Waals surface area contributed by atoms with E-state index in [0.29, 0.717) is 17.5 Å². The van der Waals surface area contributed by atoms with Crippen molar-refractivity contribution in [2.24, 2.45) is 11.3 Å². The summed E-state index contributed by atoms with van der Waals surface area (Å²) < 4.78 is 11.0. The molecule has 5 heteroatoms. The van der Waals surface area contributed by atoms with Gasteiger partial charge < -0.3 is 14.4 Å². The van der Waals surface area contributed by atoms with Crippen LogP contribution < -0.4 is 4.90 Å². The number of hydrogen-bond acceptors (Lipinski definition) is 5. The number of rotatable bonds is 6. The van der Waals surface area contributed by atoms with Gasteiger partial charge in [0.05, 0.1) is 17.7 Å². The van der Waals surface area contributed by atoms with Crippen LogP contribution in [0.3, 0.4) is 0 Å². The second kappa shape index (κ2) is 17.7. The van der Waals surface area contributed by atoms with Gasteiger partial charge in [-0.15, -0.1) is 17.8 Å². The predicted molar refractivity (Wildman–Crippen MR) is 169 cm³/mol. The Hall–Kier alpha value is -1.95. The van der Waals surface area contributed by atoms with E-state index in [9.17, 15) is 4.79 Å². The Balaban J connectivity index is 0.000000638. The summed E-state index contributed by atoms with van der Waals surface area (Å²) in [6.45, 7) is 15.6. The minimum atomic E-state index is -0.448. The summed E-state index contributed by atoms with van der Waals surface area (Å²) in [5, 5.41) is 0. The number of ether oxygens (including phenoxy) is 2. The predicted octanol–water partition coefficient (Wildman–Crippen LogP) is 9.11. The third-order valence-electron chi connectivity index (χ3n) is 7.07. The average Bonchev–Trinajstić information content (AvgIpc) is 3.36. The summed E-state index contributed by atoms with van der Waals surface area (Å²) in [6, 6.07) is 2.30. The lowest BCUT2D eigenvalue weighted by molar-refractivity contribution is -0.0285. The topological polar surface area (TPSA) is 38.8 Å². The maximum absolute atomic E-state index is 12.4. The Morgan fingerprint density at radius 3 is 2.15 bits per heavy atom. The highest BCUT2D eigenvalue weighted by Gasteiger charge is 2.36. The molecule has 1 heterocycles. The van der Waals surface area contributed by atoms with E-state index in [0.717, 1.165) is 48.6 Å². The van der Waals surface area contributed by atoms with Crippen molar-refractivity contribution in [3.63, 3.8) is 0 Å². The van der Waals surface area contributed by atoms with Gasteiger partial charge in [0.15, 0.2) is 0 Å².